The number of aryl methyl sites for hydroxylation is 2. The number of carbonyl (C=O) groups is 1. The zero-order chi connectivity index (χ0) is 17.1. The number of benzene rings is 2. The zero-order valence-corrected chi connectivity index (χ0v) is 14.6. The minimum Gasteiger partial charge on any atom is -0.497 e. The third-order valence-corrected chi connectivity index (χ3v) is 4.62. The molecule has 0 aromatic heterocycles. The van der Waals surface area contributed by atoms with Crippen LogP contribution >= 0.6 is 0 Å². The molecule has 1 amide bonds. The molecule has 126 valence electrons. The average molecular weight is 324 g/mol. The monoisotopic (exact) mass is 324 g/mol. The Balaban J connectivity index is 1.64. The molecule has 0 bridgehead atoms. The van der Waals surface area contributed by atoms with Crippen LogP contribution in [0.1, 0.15) is 21.5 Å². The van der Waals surface area contributed by atoms with Crippen molar-refractivity contribution < 1.29 is 9.53 Å². The van der Waals surface area contributed by atoms with Crippen molar-refractivity contribution in [2.24, 2.45) is 0 Å². The molecule has 4 nitrogen and oxygen atoms in total. The summed E-state index contributed by atoms with van der Waals surface area (Å²) in [6, 6.07) is 14.1. The highest BCUT2D eigenvalue weighted by atomic mass is 16.5. The first-order chi connectivity index (χ1) is 11.6. The Morgan fingerprint density at radius 2 is 1.62 bits per heavy atom. The van der Waals surface area contributed by atoms with Crippen LogP contribution < -0.4 is 9.64 Å². The van der Waals surface area contributed by atoms with E-state index in [1.807, 2.05) is 36.1 Å². The molecular formula is C20H24N2O2. The molecule has 24 heavy (non-hydrogen) atoms. The van der Waals surface area contributed by atoms with Crippen LogP contribution in [0.3, 0.4) is 0 Å². The number of carbonyl (C=O) groups excluding carboxylic acids is 1. The first-order valence-electron chi connectivity index (χ1n) is 8.34. The molecule has 1 fully saturated rings. The van der Waals surface area contributed by atoms with E-state index < -0.39 is 0 Å². The van der Waals surface area contributed by atoms with E-state index in [-0.39, 0.29) is 5.91 Å². The quantitative estimate of drug-likeness (QED) is 0.869. The van der Waals surface area contributed by atoms with Crippen molar-refractivity contribution in [3.05, 3.63) is 59.2 Å². The van der Waals surface area contributed by atoms with Crippen LogP contribution in [-0.2, 0) is 0 Å². The lowest BCUT2D eigenvalue weighted by molar-refractivity contribution is 0.0746. The van der Waals surface area contributed by atoms with E-state index in [2.05, 4.69) is 30.0 Å². The second-order valence-corrected chi connectivity index (χ2v) is 6.30. The average Bonchev–Trinajstić information content (AvgIpc) is 2.61. The molecule has 0 radical (unpaired) electrons. The van der Waals surface area contributed by atoms with Crippen molar-refractivity contribution >= 4 is 11.6 Å². The smallest absolute Gasteiger partial charge is 0.254 e. The fourth-order valence-electron chi connectivity index (χ4n) is 3.18. The predicted molar refractivity (Wildman–Crippen MR) is 97.0 cm³/mol. The summed E-state index contributed by atoms with van der Waals surface area (Å²) in [5.74, 6) is 1.00. The summed E-state index contributed by atoms with van der Waals surface area (Å²) in [6.45, 7) is 7.25. The number of ether oxygens (including phenoxy) is 1. The van der Waals surface area contributed by atoms with Crippen LogP contribution in [0.15, 0.2) is 42.5 Å². The van der Waals surface area contributed by atoms with Gasteiger partial charge in [0, 0.05) is 37.4 Å². The van der Waals surface area contributed by atoms with Gasteiger partial charge in [-0.2, -0.15) is 0 Å². The van der Waals surface area contributed by atoms with Gasteiger partial charge in [-0.15, -0.1) is 0 Å². The fraction of sp³-hybridized carbons (Fsp3) is 0.350. The van der Waals surface area contributed by atoms with Crippen LogP contribution in [0.4, 0.5) is 5.69 Å². The molecule has 0 aliphatic carbocycles. The van der Waals surface area contributed by atoms with E-state index in [0.29, 0.717) is 0 Å². The summed E-state index contributed by atoms with van der Waals surface area (Å²) in [4.78, 5) is 17.0. The summed E-state index contributed by atoms with van der Waals surface area (Å²) in [6.07, 6.45) is 0. The third kappa shape index (κ3) is 3.37. The van der Waals surface area contributed by atoms with Gasteiger partial charge in [0.25, 0.3) is 5.91 Å². The number of rotatable bonds is 3. The van der Waals surface area contributed by atoms with E-state index in [1.165, 1.54) is 11.3 Å². The van der Waals surface area contributed by atoms with Crippen LogP contribution in [0.5, 0.6) is 5.75 Å². The predicted octanol–water partition coefficient (Wildman–Crippen LogP) is 3.27. The van der Waals surface area contributed by atoms with Gasteiger partial charge in [-0.05, 0) is 49.7 Å². The van der Waals surface area contributed by atoms with Crippen molar-refractivity contribution in [2.45, 2.75) is 13.8 Å². The Bertz CT molecular complexity index is 717. The molecule has 1 saturated heterocycles. The number of hydrogen-bond donors (Lipinski definition) is 0. The van der Waals surface area contributed by atoms with E-state index in [4.69, 9.17) is 4.74 Å². The Morgan fingerprint density at radius 3 is 2.21 bits per heavy atom. The van der Waals surface area contributed by atoms with Gasteiger partial charge in [0.1, 0.15) is 5.75 Å². The normalized spacial score (nSPS) is 14.6. The molecule has 2 aromatic carbocycles. The number of piperazine rings is 1. The maximum Gasteiger partial charge on any atom is 0.254 e. The number of hydrogen-bond acceptors (Lipinski definition) is 3. The van der Waals surface area contributed by atoms with Gasteiger partial charge in [-0.3, -0.25) is 4.79 Å². The molecule has 1 aliphatic heterocycles. The Hall–Kier alpha value is -2.49. The van der Waals surface area contributed by atoms with Crippen LogP contribution in [0.25, 0.3) is 0 Å². The number of nitrogens with zero attached hydrogens (tertiary/aromatic N) is 2. The van der Waals surface area contributed by atoms with Gasteiger partial charge < -0.3 is 14.5 Å². The minimum absolute atomic E-state index is 0.141. The highest BCUT2D eigenvalue weighted by Crippen LogP contribution is 2.21. The summed E-state index contributed by atoms with van der Waals surface area (Å²) >= 11 is 0. The maximum absolute atomic E-state index is 12.7. The summed E-state index contributed by atoms with van der Waals surface area (Å²) < 4.78 is 5.20. The van der Waals surface area contributed by atoms with E-state index in [9.17, 15) is 4.79 Å². The third-order valence-electron chi connectivity index (χ3n) is 4.62. The van der Waals surface area contributed by atoms with Gasteiger partial charge in [0.05, 0.1) is 7.11 Å². The second-order valence-electron chi connectivity index (χ2n) is 6.30. The lowest BCUT2D eigenvalue weighted by atomic mass is 10.0. The highest BCUT2D eigenvalue weighted by Gasteiger charge is 2.23. The minimum atomic E-state index is 0.141. The Morgan fingerprint density at radius 1 is 0.958 bits per heavy atom. The van der Waals surface area contributed by atoms with Crippen molar-refractivity contribution in [3.63, 3.8) is 0 Å². The van der Waals surface area contributed by atoms with Crippen molar-refractivity contribution in [1.29, 1.82) is 0 Å². The first kappa shape index (κ1) is 16.4. The number of methoxy groups -OCH3 is 1. The van der Waals surface area contributed by atoms with Crippen LogP contribution in [0.2, 0.25) is 0 Å². The molecule has 0 unspecified atom stereocenters. The molecular weight excluding hydrogens is 300 g/mol. The molecule has 2 aromatic rings. The molecule has 4 heteroatoms. The van der Waals surface area contributed by atoms with E-state index in [0.717, 1.165) is 43.1 Å². The van der Waals surface area contributed by atoms with Gasteiger partial charge in [0.2, 0.25) is 0 Å². The zero-order valence-electron chi connectivity index (χ0n) is 14.6. The molecule has 0 N–H and O–H groups in total. The topological polar surface area (TPSA) is 32.8 Å². The van der Waals surface area contributed by atoms with Gasteiger partial charge in [0.15, 0.2) is 0 Å². The lowest BCUT2D eigenvalue weighted by Gasteiger charge is -2.36. The van der Waals surface area contributed by atoms with Gasteiger partial charge in [-0.25, -0.2) is 0 Å². The number of amides is 1. The molecule has 3 rings (SSSR count). The van der Waals surface area contributed by atoms with E-state index in [1.54, 1.807) is 7.11 Å². The Labute approximate surface area is 143 Å². The SMILES string of the molecule is COc1ccc(N2CCN(C(=O)c3ccc(C)cc3C)CC2)cc1. The summed E-state index contributed by atoms with van der Waals surface area (Å²) in [5, 5.41) is 0. The standard InChI is InChI=1S/C20H24N2O2/c1-15-4-9-19(16(2)14-15)20(23)22-12-10-21(11-13-22)17-5-7-18(24-3)8-6-17/h4-9,14H,10-13H2,1-3H3. The lowest BCUT2D eigenvalue weighted by Crippen LogP contribution is -2.48. The van der Waals surface area contributed by atoms with Crippen LogP contribution in [-0.4, -0.2) is 44.1 Å². The molecule has 0 spiro atoms. The molecule has 0 atom stereocenters. The molecule has 0 saturated carbocycles. The van der Waals surface area contributed by atoms with Gasteiger partial charge >= 0.3 is 0 Å². The summed E-state index contributed by atoms with van der Waals surface area (Å²) in [5.41, 5.74) is 4.24. The van der Waals surface area contributed by atoms with Crippen LogP contribution in [0, 0.1) is 13.8 Å². The summed E-state index contributed by atoms with van der Waals surface area (Å²) in [7, 11) is 1.67. The molecule has 1 aliphatic rings. The largest absolute Gasteiger partial charge is 0.497 e. The maximum atomic E-state index is 12.7. The number of anilines is 1. The Kier molecular flexibility index (Phi) is 4.74. The second kappa shape index (κ2) is 6.95. The highest BCUT2D eigenvalue weighted by molar-refractivity contribution is 5.95. The van der Waals surface area contributed by atoms with Crippen molar-refractivity contribution in [3.8, 4) is 5.75 Å². The van der Waals surface area contributed by atoms with Gasteiger partial charge in [-0.1, -0.05) is 17.7 Å². The first-order valence-corrected chi connectivity index (χ1v) is 8.34. The van der Waals surface area contributed by atoms with E-state index >= 15 is 0 Å². The fourth-order valence-corrected chi connectivity index (χ4v) is 3.18. The van der Waals surface area contributed by atoms with Crippen molar-refractivity contribution in [1.82, 2.24) is 4.90 Å². The van der Waals surface area contributed by atoms with Crippen molar-refractivity contribution in [2.75, 3.05) is 38.2 Å². The molecule has 1 heterocycles.